The Morgan fingerprint density at radius 1 is 1.25 bits per heavy atom. The summed E-state index contributed by atoms with van der Waals surface area (Å²) in [5.74, 6) is 0.805. The van der Waals surface area contributed by atoms with Gasteiger partial charge in [-0.1, -0.05) is 26.0 Å². The maximum absolute atomic E-state index is 12.3. The van der Waals surface area contributed by atoms with Crippen molar-refractivity contribution in [2.45, 2.75) is 45.4 Å². The number of methoxy groups -OCH3 is 1. The molecule has 0 saturated heterocycles. The summed E-state index contributed by atoms with van der Waals surface area (Å²) in [6.07, 6.45) is 1.43. The van der Waals surface area contributed by atoms with Crippen LogP contribution in [0.1, 0.15) is 43.1 Å². The van der Waals surface area contributed by atoms with Crippen LogP contribution in [0.5, 0.6) is 5.75 Å². The summed E-state index contributed by atoms with van der Waals surface area (Å²) in [6.45, 7) is 4.41. The molecule has 3 aromatic rings. The highest BCUT2D eigenvalue weighted by atomic mass is 16.6. The van der Waals surface area contributed by atoms with Gasteiger partial charge >= 0.3 is 5.97 Å². The molecule has 2 N–H and O–H groups in total. The minimum Gasteiger partial charge on any atom is -0.489 e. The van der Waals surface area contributed by atoms with Crippen LogP contribution in [0.25, 0.3) is 10.9 Å². The third kappa shape index (κ3) is 4.31. The molecule has 168 valence electrons. The first-order chi connectivity index (χ1) is 15.4. The predicted octanol–water partition coefficient (Wildman–Crippen LogP) is 4.43. The van der Waals surface area contributed by atoms with Gasteiger partial charge in [-0.2, -0.15) is 0 Å². The molecule has 1 aromatic heterocycles. The van der Waals surface area contributed by atoms with E-state index in [0.29, 0.717) is 23.7 Å². The van der Waals surface area contributed by atoms with E-state index in [2.05, 4.69) is 24.1 Å². The van der Waals surface area contributed by atoms with Crippen LogP contribution in [0.4, 0.5) is 5.69 Å². The summed E-state index contributed by atoms with van der Waals surface area (Å²) in [7, 11) is 1.41. The fraction of sp³-hybridized carbons (Fsp3) is 0.375. The zero-order valence-electron chi connectivity index (χ0n) is 18.4. The molecule has 32 heavy (non-hydrogen) atoms. The van der Waals surface area contributed by atoms with Crippen molar-refractivity contribution in [3.63, 3.8) is 0 Å². The van der Waals surface area contributed by atoms with Gasteiger partial charge in [0.2, 0.25) is 0 Å². The van der Waals surface area contributed by atoms with Gasteiger partial charge in [-0.25, -0.2) is 0 Å². The van der Waals surface area contributed by atoms with E-state index in [-0.39, 0.29) is 30.3 Å². The molecule has 0 spiro atoms. The minimum absolute atomic E-state index is 0.0200. The first-order valence-corrected chi connectivity index (χ1v) is 10.7. The Labute approximate surface area is 186 Å². The van der Waals surface area contributed by atoms with Crippen LogP contribution in [0, 0.1) is 16.0 Å². The molecule has 0 saturated carbocycles. The van der Waals surface area contributed by atoms with Crippen LogP contribution < -0.4 is 10.1 Å². The van der Waals surface area contributed by atoms with Gasteiger partial charge in [0.15, 0.2) is 0 Å². The quantitative estimate of drug-likeness (QED) is 0.322. The van der Waals surface area contributed by atoms with E-state index in [1.165, 1.54) is 13.2 Å². The number of aromatic amines is 1. The molecule has 2 aromatic carbocycles. The Hall–Kier alpha value is -3.39. The predicted molar refractivity (Wildman–Crippen MR) is 121 cm³/mol. The van der Waals surface area contributed by atoms with E-state index in [4.69, 9.17) is 9.47 Å². The molecule has 0 aliphatic carbocycles. The van der Waals surface area contributed by atoms with E-state index in [9.17, 15) is 14.9 Å². The number of nitro benzene ring substituents is 1. The average molecular weight is 437 g/mol. The number of rotatable bonds is 7. The molecular formula is C24H27N3O5. The molecule has 4 rings (SSSR count). The Morgan fingerprint density at radius 3 is 2.75 bits per heavy atom. The van der Waals surface area contributed by atoms with Crippen LogP contribution in [0.3, 0.4) is 0 Å². The molecule has 0 unspecified atom stereocenters. The SMILES string of the molecule is COC(=O)[C@@H]1Cc2c([nH]c3cc(OCc4ccccc4[N+](=O)[O-])ccc23)[C@H](CC(C)C)N1. The van der Waals surface area contributed by atoms with Crippen molar-refractivity contribution >= 4 is 22.6 Å². The number of esters is 1. The second-order valence-corrected chi connectivity index (χ2v) is 8.53. The van der Waals surface area contributed by atoms with Crippen LogP contribution in [-0.4, -0.2) is 29.0 Å². The van der Waals surface area contributed by atoms with E-state index in [0.717, 1.165) is 28.6 Å². The molecule has 0 radical (unpaired) electrons. The topological polar surface area (TPSA) is 106 Å². The lowest BCUT2D eigenvalue weighted by atomic mass is 9.90. The Morgan fingerprint density at radius 2 is 2.03 bits per heavy atom. The number of carbonyl (C=O) groups is 1. The lowest BCUT2D eigenvalue weighted by Crippen LogP contribution is -2.45. The number of nitrogens with one attached hydrogen (secondary N) is 2. The smallest absolute Gasteiger partial charge is 0.323 e. The highest BCUT2D eigenvalue weighted by Crippen LogP contribution is 2.36. The van der Waals surface area contributed by atoms with Gasteiger partial charge in [-0.15, -0.1) is 0 Å². The molecule has 1 aliphatic rings. The van der Waals surface area contributed by atoms with Gasteiger partial charge in [0.05, 0.1) is 17.6 Å². The summed E-state index contributed by atoms with van der Waals surface area (Å²) >= 11 is 0. The number of hydrogen-bond donors (Lipinski definition) is 2. The highest BCUT2D eigenvalue weighted by Gasteiger charge is 2.34. The van der Waals surface area contributed by atoms with Gasteiger partial charge in [0.25, 0.3) is 5.69 Å². The third-order valence-electron chi connectivity index (χ3n) is 5.85. The van der Waals surface area contributed by atoms with Gasteiger partial charge < -0.3 is 14.5 Å². The number of carbonyl (C=O) groups excluding carboxylic acids is 1. The second-order valence-electron chi connectivity index (χ2n) is 8.53. The molecule has 2 atom stereocenters. The van der Waals surface area contributed by atoms with E-state index >= 15 is 0 Å². The Kier molecular flexibility index (Phi) is 6.14. The van der Waals surface area contributed by atoms with Crippen molar-refractivity contribution in [3.8, 4) is 5.75 Å². The standard InChI is InChI=1S/C24H27N3O5/c1-14(2)10-20-23-18(12-21(25-20)24(28)31-3)17-9-8-16(11-19(17)26-23)32-13-15-6-4-5-7-22(15)27(29)30/h4-9,11,14,20-21,25-26H,10,12-13H2,1-3H3/t20-,21-/m0/s1. The summed E-state index contributed by atoms with van der Waals surface area (Å²) in [5, 5.41) is 15.7. The third-order valence-corrected chi connectivity index (χ3v) is 5.85. The summed E-state index contributed by atoms with van der Waals surface area (Å²) in [4.78, 5) is 26.6. The van der Waals surface area contributed by atoms with Crippen LogP contribution in [0.15, 0.2) is 42.5 Å². The number of aromatic nitrogens is 1. The molecule has 1 aliphatic heterocycles. The monoisotopic (exact) mass is 437 g/mol. The fourth-order valence-corrected chi connectivity index (χ4v) is 4.37. The van der Waals surface area contributed by atoms with Gasteiger partial charge in [0.1, 0.15) is 18.4 Å². The number of ether oxygens (including phenoxy) is 2. The lowest BCUT2D eigenvalue weighted by Gasteiger charge is -2.31. The zero-order valence-corrected chi connectivity index (χ0v) is 18.4. The van der Waals surface area contributed by atoms with Crippen molar-refractivity contribution in [2.24, 2.45) is 5.92 Å². The van der Waals surface area contributed by atoms with Crippen LogP contribution >= 0.6 is 0 Å². The van der Waals surface area contributed by atoms with Crippen LogP contribution in [-0.2, 0) is 22.6 Å². The summed E-state index contributed by atoms with van der Waals surface area (Å²) in [6, 6.07) is 11.9. The molecule has 2 heterocycles. The summed E-state index contributed by atoms with van der Waals surface area (Å²) < 4.78 is 10.9. The van der Waals surface area contributed by atoms with Crippen molar-refractivity contribution < 1.29 is 19.2 Å². The van der Waals surface area contributed by atoms with Gasteiger partial charge in [-0.3, -0.25) is 20.2 Å². The maximum atomic E-state index is 12.3. The molecule has 0 bridgehead atoms. The normalized spacial score (nSPS) is 17.9. The van der Waals surface area contributed by atoms with Crippen molar-refractivity contribution in [1.82, 2.24) is 10.3 Å². The van der Waals surface area contributed by atoms with E-state index in [1.54, 1.807) is 18.2 Å². The number of hydrogen-bond acceptors (Lipinski definition) is 6. The summed E-state index contributed by atoms with van der Waals surface area (Å²) in [5.41, 5.74) is 3.68. The number of fused-ring (bicyclic) bond motifs is 3. The first-order valence-electron chi connectivity index (χ1n) is 10.7. The van der Waals surface area contributed by atoms with Crippen LogP contribution in [0.2, 0.25) is 0 Å². The molecule has 8 nitrogen and oxygen atoms in total. The molecular weight excluding hydrogens is 410 g/mol. The van der Waals surface area contributed by atoms with Crippen molar-refractivity contribution in [2.75, 3.05) is 7.11 Å². The number of benzene rings is 2. The maximum Gasteiger partial charge on any atom is 0.323 e. The Bertz CT molecular complexity index is 1150. The van der Waals surface area contributed by atoms with E-state index < -0.39 is 4.92 Å². The largest absolute Gasteiger partial charge is 0.489 e. The number of nitro groups is 1. The van der Waals surface area contributed by atoms with Crippen molar-refractivity contribution in [3.05, 3.63) is 69.4 Å². The molecule has 0 amide bonds. The molecule has 0 fully saturated rings. The molecule has 8 heteroatoms. The van der Waals surface area contributed by atoms with E-state index in [1.807, 2.05) is 18.2 Å². The average Bonchev–Trinajstić information content (AvgIpc) is 3.15. The van der Waals surface area contributed by atoms with Gasteiger partial charge in [0, 0.05) is 41.2 Å². The zero-order chi connectivity index (χ0) is 22.8. The number of H-pyrrole nitrogens is 1. The second kappa shape index (κ2) is 9.00. The Balaban J connectivity index is 1.62. The van der Waals surface area contributed by atoms with Crippen molar-refractivity contribution in [1.29, 1.82) is 0 Å². The first kappa shape index (κ1) is 21.8. The lowest BCUT2D eigenvalue weighted by molar-refractivity contribution is -0.385. The fourth-order valence-electron chi connectivity index (χ4n) is 4.37. The number of nitrogens with zero attached hydrogens (tertiary/aromatic N) is 1. The number of para-hydroxylation sites is 1. The minimum atomic E-state index is -0.402. The van der Waals surface area contributed by atoms with Gasteiger partial charge in [-0.05, 0) is 36.1 Å². The highest BCUT2D eigenvalue weighted by molar-refractivity contribution is 5.88.